The van der Waals surface area contributed by atoms with Gasteiger partial charge in [0.2, 0.25) is 0 Å². The molecule has 0 bridgehead atoms. The quantitative estimate of drug-likeness (QED) is 0.726. The summed E-state index contributed by atoms with van der Waals surface area (Å²) >= 11 is 9.44. The molecule has 0 amide bonds. The van der Waals surface area contributed by atoms with Gasteiger partial charge in [-0.3, -0.25) is 4.98 Å². The van der Waals surface area contributed by atoms with Crippen molar-refractivity contribution in [1.29, 1.82) is 0 Å². The SMILES string of the molecule is OC(c1cc(Cl)cc(Br)c1)c1cncc2ccccc12. The Balaban J connectivity index is 2.15. The van der Waals surface area contributed by atoms with Gasteiger partial charge >= 0.3 is 0 Å². The van der Waals surface area contributed by atoms with E-state index in [0.717, 1.165) is 26.4 Å². The fourth-order valence-electron chi connectivity index (χ4n) is 2.27. The summed E-state index contributed by atoms with van der Waals surface area (Å²) in [6, 6.07) is 13.3. The first-order valence-electron chi connectivity index (χ1n) is 6.12. The van der Waals surface area contributed by atoms with Gasteiger partial charge in [-0.15, -0.1) is 0 Å². The van der Waals surface area contributed by atoms with Crippen LogP contribution in [0.3, 0.4) is 0 Å². The van der Waals surface area contributed by atoms with Crippen molar-refractivity contribution in [2.24, 2.45) is 0 Å². The zero-order valence-corrected chi connectivity index (χ0v) is 12.8. The predicted molar refractivity (Wildman–Crippen MR) is 85.0 cm³/mol. The number of nitrogens with zero attached hydrogens (tertiary/aromatic N) is 1. The molecule has 3 aromatic rings. The number of hydrogen-bond donors (Lipinski definition) is 1. The maximum atomic E-state index is 10.6. The molecule has 0 saturated carbocycles. The monoisotopic (exact) mass is 347 g/mol. The highest BCUT2D eigenvalue weighted by Crippen LogP contribution is 2.31. The molecule has 0 radical (unpaired) electrons. The molecule has 0 saturated heterocycles. The Bertz CT molecular complexity index is 750. The zero-order valence-electron chi connectivity index (χ0n) is 10.4. The van der Waals surface area contributed by atoms with E-state index in [-0.39, 0.29) is 0 Å². The molecule has 0 aliphatic rings. The first-order chi connectivity index (χ1) is 9.65. The molecule has 1 N–H and O–H groups in total. The average molecular weight is 349 g/mol. The van der Waals surface area contributed by atoms with Crippen LogP contribution in [0, 0.1) is 0 Å². The van der Waals surface area contributed by atoms with Crippen molar-refractivity contribution in [3.05, 3.63) is 75.5 Å². The van der Waals surface area contributed by atoms with Crippen LogP contribution in [0.5, 0.6) is 0 Å². The number of halogens is 2. The Kier molecular flexibility index (Phi) is 3.74. The second-order valence-corrected chi connectivity index (χ2v) is 5.91. The van der Waals surface area contributed by atoms with Gasteiger partial charge in [0.05, 0.1) is 0 Å². The minimum absolute atomic E-state index is 0.585. The van der Waals surface area contributed by atoms with Crippen LogP contribution >= 0.6 is 27.5 Å². The molecule has 0 fully saturated rings. The first-order valence-corrected chi connectivity index (χ1v) is 7.29. The Morgan fingerprint density at radius 3 is 2.70 bits per heavy atom. The normalized spacial score (nSPS) is 12.6. The molecule has 0 spiro atoms. The minimum Gasteiger partial charge on any atom is -0.384 e. The van der Waals surface area contributed by atoms with E-state index in [1.807, 2.05) is 30.3 Å². The summed E-state index contributed by atoms with van der Waals surface area (Å²) in [5, 5.41) is 13.2. The van der Waals surface area contributed by atoms with Crippen LogP contribution in [0.2, 0.25) is 5.02 Å². The topological polar surface area (TPSA) is 33.1 Å². The number of benzene rings is 2. The van der Waals surface area contributed by atoms with Gasteiger partial charge in [0.1, 0.15) is 6.10 Å². The van der Waals surface area contributed by atoms with Gasteiger partial charge in [0.25, 0.3) is 0 Å². The zero-order chi connectivity index (χ0) is 14.1. The molecule has 1 aromatic heterocycles. The van der Waals surface area contributed by atoms with Crippen molar-refractivity contribution in [2.45, 2.75) is 6.10 Å². The van der Waals surface area contributed by atoms with Crippen molar-refractivity contribution in [3.8, 4) is 0 Å². The van der Waals surface area contributed by atoms with E-state index >= 15 is 0 Å². The number of aliphatic hydroxyl groups is 1. The van der Waals surface area contributed by atoms with E-state index in [4.69, 9.17) is 11.6 Å². The predicted octanol–water partition coefficient (Wildman–Crippen LogP) is 4.73. The molecular weight excluding hydrogens is 338 g/mol. The van der Waals surface area contributed by atoms with Crippen molar-refractivity contribution in [2.75, 3.05) is 0 Å². The summed E-state index contributed by atoms with van der Waals surface area (Å²) < 4.78 is 0.840. The van der Waals surface area contributed by atoms with Crippen LogP contribution in [0.4, 0.5) is 0 Å². The van der Waals surface area contributed by atoms with Crippen LogP contribution in [-0.2, 0) is 0 Å². The summed E-state index contributed by atoms with van der Waals surface area (Å²) in [5.74, 6) is 0. The van der Waals surface area contributed by atoms with Gasteiger partial charge in [0, 0.05) is 32.8 Å². The van der Waals surface area contributed by atoms with E-state index in [1.165, 1.54) is 0 Å². The lowest BCUT2D eigenvalue weighted by atomic mass is 9.98. The molecule has 2 aromatic carbocycles. The molecule has 100 valence electrons. The van der Waals surface area contributed by atoms with E-state index in [1.54, 1.807) is 24.5 Å². The summed E-state index contributed by atoms with van der Waals surface area (Å²) in [4.78, 5) is 4.20. The number of hydrogen-bond acceptors (Lipinski definition) is 2. The fraction of sp³-hybridized carbons (Fsp3) is 0.0625. The van der Waals surface area contributed by atoms with Crippen LogP contribution in [0.25, 0.3) is 10.8 Å². The molecule has 0 aliphatic heterocycles. The van der Waals surface area contributed by atoms with Gasteiger partial charge in [-0.2, -0.15) is 0 Å². The molecule has 1 atom stereocenters. The lowest BCUT2D eigenvalue weighted by Crippen LogP contribution is -2.01. The standard InChI is InChI=1S/C16H11BrClNO/c17-12-5-11(6-13(18)7-12)16(20)15-9-19-8-10-3-1-2-4-14(10)15/h1-9,16,20H. The average Bonchev–Trinajstić information content (AvgIpc) is 2.45. The lowest BCUT2D eigenvalue weighted by Gasteiger charge is -2.14. The fourth-order valence-corrected chi connectivity index (χ4v) is 3.16. The van der Waals surface area contributed by atoms with Gasteiger partial charge in [0.15, 0.2) is 0 Å². The molecule has 2 nitrogen and oxygen atoms in total. The Hall–Kier alpha value is -1.42. The van der Waals surface area contributed by atoms with Crippen molar-refractivity contribution in [1.82, 2.24) is 4.98 Å². The molecule has 4 heteroatoms. The molecule has 20 heavy (non-hydrogen) atoms. The Morgan fingerprint density at radius 1 is 1.10 bits per heavy atom. The number of aromatic nitrogens is 1. The highest BCUT2D eigenvalue weighted by molar-refractivity contribution is 9.10. The third-order valence-electron chi connectivity index (χ3n) is 3.19. The summed E-state index contributed by atoms with van der Waals surface area (Å²) in [5.41, 5.74) is 1.51. The van der Waals surface area contributed by atoms with Gasteiger partial charge in [-0.25, -0.2) is 0 Å². The number of fused-ring (bicyclic) bond motifs is 1. The Morgan fingerprint density at radius 2 is 1.90 bits per heavy atom. The Labute approximate surface area is 130 Å². The van der Waals surface area contributed by atoms with Crippen LogP contribution in [0.1, 0.15) is 17.2 Å². The van der Waals surface area contributed by atoms with E-state index in [9.17, 15) is 5.11 Å². The number of pyridine rings is 1. The third-order valence-corrected chi connectivity index (χ3v) is 3.87. The highest BCUT2D eigenvalue weighted by atomic mass is 79.9. The van der Waals surface area contributed by atoms with E-state index < -0.39 is 6.10 Å². The van der Waals surface area contributed by atoms with Crippen molar-refractivity contribution in [3.63, 3.8) is 0 Å². The van der Waals surface area contributed by atoms with Crippen LogP contribution in [-0.4, -0.2) is 10.1 Å². The molecule has 3 rings (SSSR count). The summed E-state index contributed by atoms with van der Waals surface area (Å²) in [6.45, 7) is 0. The summed E-state index contributed by atoms with van der Waals surface area (Å²) in [7, 11) is 0. The largest absolute Gasteiger partial charge is 0.384 e. The van der Waals surface area contributed by atoms with Crippen LogP contribution in [0.15, 0.2) is 59.3 Å². The molecule has 1 unspecified atom stereocenters. The highest BCUT2D eigenvalue weighted by Gasteiger charge is 2.15. The van der Waals surface area contributed by atoms with E-state index in [0.29, 0.717) is 5.02 Å². The molecule has 1 heterocycles. The van der Waals surface area contributed by atoms with E-state index in [2.05, 4.69) is 20.9 Å². The third kappa shape index (κ3) is 2.57. The van der Waals surface area contributed by atoms with Crippen molar-refractivity contribution >= 4 is 38.3 Å². The van der Waals surface area contributed by atoms with Crippen LogP contribution < -0.4 is 0 Å². The molecular formula is C16H11BrClNO. The maximum Gasteiger partial charge on any atom is 0.106 e. The minimum atomic E-state index is -0.761. The van der Waals surface area contributed by atoms with Gasteiger partial charge in [-0.1, -0.05) is 51.8 Å². The van der Waals surface area contributed by atoms with Crippen molar-refractivity contribution < 1.29 is 5.11 Å². The second-order valence-electron chi connectivity index (χ2n) is 4.56. The maximum absolute atomic E-state index is 10.6. The molecule has 0 aliphatic carbocycles. The lowest BCUT2D eigenvalue weighted by molar-refractivity contribution is 0.221. The van der Waals surface area contributed by atoms with Gasteiger partial charge < -0.3 is 5.11 Å². The number of rotatable bonds is 2. The first kappa shape index (κ1) is 13.6. The smallest absolute Gasteiger partial charge is 0.106 e. The van der Waals surface area contributed by atoms with Gasteiger partial charge in [-0.05, 0) is 29.1 Å². The summed E-state index contributed by atoms with van der Waals surface area (Å²) in [6.07, 6.45) is 2.73. The number of aliphatic hydroxyl groups excluding tert-OH is 1. The second kappa shape index (κ2) is 5.52.